The monoisotopic (exact) mass is 364 g/mol. The SMILES string of the molecule is CCN(CC)C(=O)c1cnc2nc(C)ccc2c1Nc1ccc(OC)cc1. The number of benzene rings is 1. The fraction of sp³-hybridized carbons (Fsp3) is 0.286. The summed E-state index contributed by atoms with van der Waals surface area (Å²) < 4.78 is 5.22. The molecule has 1 N–H and O–H groups in total. The van der Waals surface area contributed by atoms with Gasteiger partial charge < -0.3 is 15.0 Å². The number of aryl methyl sites for hydroxylation is 1. The lowest BCUT2D eigenvalue weighted by Crippen LogP contribution is -2.31. The minimum atomic E-state index is -0.0500. The highest BCUT2D eigenvalue weighted by molar-refractivity contribution is 6.07. The predicted molar refractivity (Wildman–Crippen MR) is 108 cm³/mol. The maximum absolute atomic E-state index is 13.0. The summed E-state index contributed by atoms with van der Waals surface area (Å²) in [5.41, 5.74) is 3.61. The second-order valence-corrected chi connectivity index (χ2v) is 6.20. The normalized spacial score (nSPS) is 10.7. The molecule has 0 atom stereocenters. The van der Waals surface area contributed by atoms with Crippen molar-refractivity contribution < 1.29 is 9.53 Å². The van der Waals surface area contributed by atoms with Gasteiger partial charge in [-0.15, -0.1) is 0 Å². The Labute approximate surface area is 159 Å². The number of hydrogen-bond donors (Lipinski definition) is 1. The average molecular weight is 364 g/mol. The molecule has 0 radical (unpaired) electrons. The van der Waals surface area contributed by atoms with Crippen LogP contribution in [0.15, 0.2) is 42.6 Å². The lowest BCUT2D eigenvalue weighted by molar-refractivity contribution is 0.0774. The third-order valence-corrected chi connectivity index (χ3v) is 4.51. The van der Waals surface area contributed by atoms with Gasteiger partial charge in [-0.2, -0.15) is 0 Å². The summed E-state index contributed by atoms with van der Waals surface area (Å²) in [6.07, 6.45) is 1.61. The smallest absolute Gasteiger partial charge is 0.257 e. The van der Waals surface area contributed by atoms with Crippen LogP contribution < -0.4 is 10.1 Å². The standard InChI is InChI=1S/C21H24N4O2/c1-5-25(6-2)21(26)18-13-22-20-17(12-7-14(3)23-20)19(18)24-15-8-10-16(27-4)11-9-15/h7-13H,5-6H2,1-4H3,(H,22,23,24). The van der Waals surface area contributed by atoms with Gasteiger partial charge in [-0.3, -0.25) is 4.79 Å². The summed E-state index contributed by atoms with van der Waals surface area (Å²) >= 11 is 0. The minimum Gasteiger partial charge on any atom is -0.497 e. The number of fused-ring (bicyclic) bond motifs is 1. The zero-order valence-electron chi connectivity index (χ0n) is 16.1. The van der Waals surface area contributed by atoms with Crippen molar-refractivity contribution in [2.24, 2.45) is 0 Å². The number of ether oxygens (including phenoxy) is 1. The van der Waals surface area contributed by atoms with Gasteiger partial charge in [0.05, 0.1) is 18.4 Å². The van der Waals surface area contributed by atoms with E-state index in [1.807, 2.05) is 57.2 Å². The first kappa shape index (κ1) is 18.6. The van der Waals surface area contributed by atoms with E-state index >= 15 is 0 Å². The van der Waals surface area contributed by atoms with Crippen LogP contribution in [0.5, 0.6) is 5.75 Å². The second-order valence-electron chi connectivity index (χ2n) is 6.20. The molecule has 2 heterocycles. The van der Waals surface area contributed by atoms with Crippen LogP contribution >= 0.6 is 0 Å². The van der Waals surface area contributed by atoms with Crippen molar-refractivity contribution in [3.8, 4) is 5.75 Å². The van der Waals surface area contributed by atoms with Crippen LogP contribution in [0.3, 0.4) is 0 Å². The molecule has 1 aromatic carbocycles. The average Bonchev–Trinajstić information content (AvgIpc) is 2.69. The van der Waals surface area contributed by atoms with Gasteiger partial charge in [0, 0.05) is 36.1 Å². The summed E-state index contributed by atoms with van der Waals surface area (Å²) in [6, 6.07) is 11.5. The summed E-state index contributed by atoms with van der Waals surface area (Å²) in [7, 11) is 1.63. The highest BCUT2D eigenvalue weighted by Gasteiger charge is 2.20. The number of carbonyl (C=O) groups excluding carboxylic acids is 1. The number of aromatic nitrogens is 2. The topological polar surface area (TPSA) is 67.4 Å². The number of nitrogens with zero attached hydrogens (tertiary/aromatic N) is 3. The quantitative estimate of drug-likeness (QED) is 0.711. The Hall–Kier alpha value is -3.15. The number of carbonyl (C=O) groups is 1. The van der Waals surface area contributed by atoms with E-state index < -0.39 is 0 Å². The molecule has 0 bridgehead atoms. The molecule has 2 aromatic heterocycles. The highest BCUT2D eigenvalue weighted by Crippen LogP contribution is 2.30. The molecule has 0 aliphatic heterocycles. The maximum Gasteiger partial charge on any atom is 0.257 e. The molecule has 6 nitrogen and oxygen atoms in total. The van der Waals surface area contributed by atoms with Crippen molar-refractivity contribution in [2.75, 3.05) is 25.5 Å². The number of rotatable bonds is 6. The molecule has 0 aliphatic rings. The van der Waals surface area contributed by atoms with E-state index in [-0.39, 0.29) is 5.91 Å². The third kappa shape index (κ3) is 3.84. The maximum atomic E-state index is 13.0. The van der Waals surface area contributed by atoms with Gasteiger partial charge in [-0.25, -0.2) is 9.97 Å². The third-order valence-electron chi connectivity index (χ3n) is 4.51. The molecular weight excluding hydrogens is 340 g/mol. The minimum absolute atomic E-state index is 0.0500. The number of anilines is 2. The van der Waals surface area contributed by atoms with Gasteiger partial charge >= 0.3 is 0 Å². The molecule has 3 aromatic rings. The molecular formula is C21H24N4O2. The van der Waals surface area contributed by atoms with Gasteiger partial charge in [0.25, 0.3) is 5.91 Å². The van der Waals surface area contributed by atoms with E-state index in [2.05, 4.69) is 15.3 Å². The van der Waals surface area contributed by atoms with Crippen LogP contribution in [0.1, 0.15) is 29.9 Å². The molecule has 0 unspecified atom stereocenters. The summed E-state index contributed by atoms with van der Waals surface area (Å²) in [4.78, 5) is 23.7. The molecule has 0 aliphatic carbocycles. The van der Waals surface area contributed by atoms with Crippen LogP contribution in [0.4, 0.5) is 11.4 Å². The molecule has 6 heteroatoms. The second kappa shape index (κ2) is 8.03. The first-order valence-corrected chi connectivity index (χ1v) is 9.04. The largest absolute Gasteiger partial charge is 0.497 e. The number of pyridine rings is 2. The zero-order valence-corrected chi connectivity index (χ0v) is 16.1. The van der Waals surface area contributed by atoms with Gasteiger partial charge in [0.15, 0.2) is 5.65 Å². The Balaban J connectivity index is 2.12. The van der Waals surface area contributed by atoms with Crippen molar-refractivity contribution in [2.45, 2.75) is 20.8 Å². The summed E-state index contributed by atoms with van der Waals surface area (Å²) in [5, 5.41) is 4.20. The van der Waals surface area contributed by atoms with E-state index in [4.69, 9.17) is 4.74 Å². The van der Waals surface area contributed by atoms with Crippen LogP contribution in [-0.4, -0.2) is 41.0 Å². The van der Waals surface area contributed by atoms with Crippen LogP contribution in [-0.2, 0) is 0 Å². The van der Waals surface area contributed by atoms with E-state index in [0.29, 0.717) is 24.3 Å². The number of hydrogen-bond acceptors (Lipinski definition) is 5. The van der Waals surface area contributed by atoms with Gasteiger partial charge in [-0.1, -0.05) is 0 Å². The van der Waals surface area contributed by atoms with Crippen molar-refractivity contribution in [3.63, 3.8) is 0 Å². The molecule has 0 fully saturated rings. The molecule has 27 heavy (non-hydrogen) atoms. The van der Waals surface area contributed by atoms with Crippen LogP contribution in [0.2, 0.25) is 0 Å². The number of amides is 1. The molecule has 3 rings (SSSR count). The van der Waals surface area contributed by atoms with Gasteiger partial charge in [0.2, 0.25) is 0 Å². The molecule has 1 amide bonds. The van der Waals surface area contributed by atoms with E-state index in [9.17, 15) is 4.79 Å². The first-order valence-electron chi connectivity index (χ1n) is 9.04. The van der Waals surface area contributed by atoms with E-state index in [0.717, 1.165) is 28.2 Å². The summed E-state index contributed by atoms with van der Waals surface area (Å²) in [5.74, 6) is 0.725. The van der Waals surface area contributed by atoms with E-state index in [1.54, 1.807) is 18.2 Å². The molecule has 0 saturated heterocycles. The highest BCUT2D eigenvalue weighted by atomic mass is 16.5. The van der Waals surface area contributed by atoms with Crippen molar-refractivity contribution in [3.05, 3.63) is 53.9 Å². The molecule has 0 spiro atoms. The number of nitrogens with one attached hydrogen (secondary N) is 1. The van der Waals surface area contributed by atoms with Crippen molar-refractivity contribution in [1.82, 2.24) is 14.9 Å². The lowest BCUT2D eigenvalue weighted by atomic mass is 10.1. The van der Waals surface area contributed by atoms with Gasteiger partial charge in [0.1, 0.15) is 5.75 Å². The number of methoxy groups -OCH3 is 1. The van der Waals surface area contributed by atoms with Crippen molar-refractivity contribution in [1.29, 1.82) is 0 Å². The zero-order chi connectivity index (χ0) is 19.4. The Morgan fingerprint density at radius 2 is 1.81 bits per heavy atom. The Kier molecular flexibility index (Phi) is 5.54. The van der Waals surface area contributed by atoms with Crippen LogP contribution in [0, 0.1) is 6.92 Å². The van der Waals surface area contributed by atoms with E-state index in [1.165, 1.54) is 0 Å². The fourth-order valence-corrected chi connectivity index (χ4v) is 2.97. The Bertz CT molecular complexity index is 950. The fourth-order valence-electron chi connectivity index (χ4n) is 2.97. The predicted octanol–water partition coefficient (Wildman–Crippen LogP) is 4.17. The van der Waals surface area contributed by atoms with Crippen LogP contribution in [0.25, 0.3) is 11.0 Å². The Morgan fingerprint density at radius 1 is 1.11 bits per heavy atom. The summed E-state index contributed by atoms with van der Waals surface area (Å²) in [6.45, 7) is 7.14. The lowest BCUT2D eigenvalue weighted by Gasteiger charge is -2.21. The first-order chi connectivity index (χ1) is 13.1. The van der Waals surface area contributed by atoms with Gasteiger partial charge in [-0.05, 0) is 57.2 Å². The van der Waals surface area contributed by atoms with Crippen molar-refractivity contribution >= 4 is 28.3 Å². The molecule has 0 saturated carbocycles. The molecule has 140 valence electrons. The Morgan fingerprint density at radius 3 is 2.44 bits per heavy atom.